The maximum Gasteiger partial charge on any atom is 0.187 e. The molecule has 278 valence electrons. The van der Waals surface area contributed by atoms with Gasteiger partial charge in [-0.25, -0.2) is 4.85 Å². The Kier molecular flexibility index (Phi) is 7.97. The fourth-order valence-corrected chi connectivity index (χ4v) is 11.5. The molecule has 4 nitrogen and oxygen atoms in total. The van der Waals surface area contributed by atoms with Crippen LogP contribution >= 0.6 is 22.7 Å². The van der Waals surface area contributed by atoms with Crippen molar-refractivity contribution in [2.75, 3.05) is 9.80 Å². The van der Waals surface area contributed by atoms with Crippen molar-refractivity contribution in [2.45, 2.75) is 19.3 Å². The Hall–Kier alpha value is -7.22. The van der Waals surface area contributed by atoms with Gasteiger partial charge in [-0.1, -0.05) is 98.8 Å². The van der Waals surface area contributed by atoms with Crippen molar-refractivity contribution < 1.29 is 0 Å². The van der Waals surface area contributed by atoms with E-state index in [4.69, 9.17) is 6.57 Å². The minimum Gasteiger partial charge on any atom is -0.309 e. The molecule has 0 atom stereocenters. The summed E-state index contributed by atoms with van der Waals surface area (Å²) in [5, 5.41) is 14.8. The van der Waals surface area contributed by atoms with E-state index in [-0.39, 0.29) is 0 Å². The van der Waals surface area contributed by atoms with Crippen molar-refractivity contribution in [1.82, 2.24) is 0 Å². The molecule has 0 saturated carbocycles. The monoisotopic (exact) mass is 790 g/mol. The topological polar surface area (TPSA) is 34.6 Å². The first kappa shape index (κ1) is 35.0. The maximum atomic E-state index is 9.73. The average Bonchev–Trinajstić information content (AvgIpc) is 3.93. The number of fused-ring (bicyclic) bond motifs is 11. The molecule has 10 aromatic rings. The smallest absolute Gasteiger partial charge is 0.187 e. The number of nitriles is 1. The van der Waals surface area contributed by atoms with E-state index in [2.05, 4.69) is 180 Å². The Morgan fingerprint density at radius 3 is 1.37 bits per heavy atom. The van der Waals surface area contributed by atoms with Crippen LogP contribution in [0.2, 0.25) is 0 Å². The van der Waals surface area contributed by atoms with E-state index in [0.29, 0.717) is 11.3 Å². The van der Waals surface area contributed by atoms with Gasteiger partial charge in [-0.15, -0.1) is 22.7 Å². The number of rotatable bonds is 6. The summed E-state index contributed by atoms with van der Waals surface area (Å²) < 4.78 is 4.95. The molecule has 0 saturated heterocycles. The fraction of sp³-hybridized carbons (Fsp3) is 0.0566. The predicted molar refractivity (Wildman–Crippen MR) is 250 cm³/mol. The van der Waals surface area contributed by atoms with Gasteiger partial charge >= 0.3 is 0 Å². The Bertz CT molecular complexity index is 3140. The van der Waals surface area contributed by atoms with Gasteiger partial charge in [-0.05, 0) is 107 Å². The first-order chi connectivity index (χ1) is 28.9. The van der Waals surface area contributed by atoms with Gasteiger partial charge in [-0.2, -0.15) is 5.26 Å². The molecule has 11 rings (SSSR count). The Labute approximate surface area is 350 Å². The second-order valence-electron chi connectivity index (χ2n) is 15.5. The molecule has 2 heterocycles. The Balaban J connectivity index is 1.27. The summed E-state index contributed by atoms with van der Waals surface area (Å²) in [6.45, 7) is 12.4. The molecule has 1 aliphatic carbocycles. The molecule has 0 amide bonds. The zero-order valence-electron chi connectivity index (χ0n) is 32.3. The summed E-state index contributed by atoms with van der Waals surface area (Å²) in [5.74, 6) is 0. The second kappa shape index (κ2) is 13.4. The lowest BCUT2D eigenvalue weighted by Gasteiger charge is -2.30. The first-order valence-corrected chi connectivity index (χ1v) is 21.2. The standard InChI is InChI=1S/C53H34N4S2/c1-53(2)41-30-43(56(35-14-6-4-7-15-35)37-26-22-33(32-54)23-27-37)51-47(39-18-10-12-20-45(39)58-51)49(41)50-42(53)31-44(52-48(50)40-19-11-13-21-46(40)59-52)57(36-16-8-5-9-17-36)38-28-24-34(55-3)25-29-38/h4-31H,1-2H3. The molecular weight excluding hydrogens is 757 g/mol. The van der Waals surface area contributed by atoms with Crippen LogP contribution in [-0.2, 0) is 5.41 Å². The molecule has 1 aliphatic rings. The third kappa shape index (κ3) is 5.31. The first-order valence-electron chi connectivity index (χ1n) is 19.6. The van der Waals surface area contributed by atoms with Crippen LogP contribution in [-0.4, -0.2) is 0 Å². The normalized spacial score (nSPS) is 12.7. The van der Waals surface area contributed by atoms with Crippen LogP contribution in [0.5, 0.6) is 0 Å². The molecule has 0 unspecified atom stereocenters. The average molecular weight is 791 g/mol. The number of hydrogen-bond donors (Lipinski definition) is 0. The molecule has 8 aromatic carbocycles. The Morgan fingerprint density at radius 2 is 0.932 bits per heavy atom. The number of thiophene rings is 2. The summed E-state index contributed by atoms with van der Waals surface area (Å²) >= 11 is 3.70. The van der Waals surface area contributed by atoms with Crippen LogP contribution in [0.25, 0.3) is 56.3 Å². The van der Waals surface area contributed by atoms with Gasteiger partial charge in [0.1, 0.15) is 0 Å². The SMILES string of the molecule is [C-]#[N+]c1ccc(N(c2ccccc2)c2cc3c(c4c2sc2ccccc24)-c2c(cc(N(c4ccccc4)c4ccc(C#N)cc4)c4sc5ccccc5c24)C3(C)C)cc1. The third-order valence-corrected chi connectivity index (χ3v) is 14.2. The number of anilines is 6. The molecule has 0 spiro atoms. The van der Waals surface area contributed by atoms with E-state index in [1.54, 1.807) is 0 Å². The number of benzene rings is 8. The van der Waals surface area contributed by atoms with Crippen LogP contribution in [0.3, 0.4) is 0 Å². The van der Waals surface area contributed by atoms with Gasteiger partial charge in [0.2, 0.25) is 0 Å². The predicted octanol–water partition coefficient (Wildman–Crippen LogP) is 16.1. The van der Waals surface area contributed by atoms with Gasteiger partial charge in [0.05, 0.1) is 39.0 Å². The van der Waals surface area contributed by atoms with Gasteiger partial charge in [0, 0.05) is 59.1 Å². The molecule has 2 aromatic heterocycles. The summed E-state index contributed by atoms with van der Waals surface area (Å²) in [6.07, 6.45) is 0. The second-order valence-corrected chi connectivity index (χ2v) is 17.6. The zero-order chi connectivity index (χ0) is 39.8. The van der Waals surface area contributed by atoms with E-state index < -0.39 is 5.41 Å². The van der Waals surface area contributed by atoms with E-state index in [1.165, 1.54) is 62.6 Å². The molecule has 0 N–H and O–H groups in total. The van der Waals surface area contributed by atoms with E-state index in [0.717, 1.165) is 34.1 Å². The van der Waals surface area contributed by atoms with Gasteiger partial charge < -0.3 is 9.80 Å². The van der Waals surface area contributed by atoms with Crippen LogP contribution in [0.15, 0.2) is 170 Å². The summed E-state index contributed by atoms with van der Waals surface area (Å²) in [6, 6.07) is 62.0. The molecule has 6 heteroatoms. The van der Waals surface area contributed by atoms with Gasteiger partial charge in [0.15, 0.2) is 5.69 Å². The van der Waals surface area contributed by atoms with Crippen molar-refractivity contribution in [2.24, 2.45) is 0 Å². The van der Waals surface area contributed by atoms with Crippen LogP contribution in [0.1, 0.15) is 30.5 Å². The molecule has 0 radical (unpaired) electrons. The summed E-state index contributed by atoms with van der Waals surface area (Å²) in [4.78, 5) is 8.44. The van der Waals surface area contributed by atoms with Crippen molar-refractivity contribution >= 4 is 103 Å². The van der Waals surface area contributed by atoms with Crippen LogP contribution in [0.4, 0.5) is 39.8 Å². The fourth-order valence-electron chi connectivity index (χ4n) is 9.12. The third-order valence-electron chi connectivity index (χ3n) is 11.9. The number of para-hydroxylation sites is 2. The lowest BCUT2D eigenvalue weighted by Crippen LogP contribution is -2.18. The van der Waals surface area contributed by atoms with Crippen LogP contribution < -0.4 is 9.80 Å². The molecule has 0 bridgehead atoms. The molecule has 0 aliphatic heterocycles. The highest BCUT2D eigenvalue weighted by Gasteiger charge is 2.42. The highest BCUT2D eigenvalue weighted by Crippen LogP contribution is 2.62. The van der Waals surface area contributed by atoms with Crippen LogP contribution in [0, 0.1) is 17.9 Å². The lowest BCUT2D eigenvalue weighted by molar-refractivity contribution is 0.661. The van der Waals surface area contributed by atoms with E-state index >= 15 is 0 Å². The Morgan fingerprint density at radius 1 is 0.525 bits per heavy atom. The number of nitrogens with zero attached hydrogens (tertiary/aromatic N) is 4. The minimum absolute atomic E-state index is 0.397. The zero-order valence-corrected chi connectivity index (χ0v) is 33.9. The van der Waals surface area contributed by atoms with Crippen molar-refractivity contribution in [3.63, 3.8) is 0 Å². The molecular formula is C53H34N4S2. The molecule has 0 fully saturated rings. The number of hydrogen-bond acceptors (Lipinski definition) is 5. The van der Waals surface area contributed by atoms with Crippen molar-refractivity contribution in [3.8, 4) is 17.2 Å². The van der Waals surface area contributed by atoms with Gasteiger partial charge in [-0.3, -0.25) is 0 Å². The van der Waals surface area contributed by atoms with E-state index in [1.807, 2.05) is 46.9 Å². The lowest BCUT2D eigenvalue weighted by atomic mass is 9.81. The minimum atomic E-state index is -0.397. The quantitative estimate of drug-likeness (QED) is 0.157. The molecule has 59 heavy (non-hydrogen) atoms. The van der Waals surface area contributed by atoms with Gasteiger partial charge in [0.25, 0.3) is 0 Å². The van der Waals surface area contributed by atoms with E-state index in [9.17, 15) is 5.26 Å². The highest BCUT2D eigenvalue weighted by molar-refractivity contribution is 7.27. The van der Waals surface area contributed by atoms with Crippen molar-refractivity contribution in [1.29, 1.82) is 5.26 Å². The summed E-state index contributed by atoms with van der Waals surface area (Å²) in [5.41, 5.74) is 12.4. The summed E-state index contributed by atoms with van der Waals surface area (Å²) in [7, 11) is 0. The highest BCUT2D eigenvalue weighted by atomic mass is 32.1. The largest absolute Gasteiger partial charge is 0.309 e. The van der Waals surface area contributed by atoms with Crippen molar-refractivity contribution in [3.05, 3.63) is 198 Å². The maximum absolute atomic E-state index is 9.73.